The quantitative estimate of drug-likeness (QED) is 0.773. The number of hydrogen-bond donors (Lipinski definition) is 3. The van der Waals surface area contributed by atoms with E-state index in [1.807, 2.05) is 0 Å². The molecule has 0 saturated heterocycles. The van der Waals surface area contributed by atoms with Crippen LogP contribution in [-0.4, -0.2) is 19.1 Å². The predicted octanol–water partition coefficient (Wildman–Crippen LogP) is 1.66. The summed E-state index contributed by atoms with van der Waals surface area (Å²) in [5.74, 6) is -2.01. The first-order valence-corrected chi connectivity index (χ1v) is 4.96. The highest BCUT2D eigenvalue weighted by Gasteiger charge is 2.38. The number of hydrogen-bond acceptors (Lipinski definition) is 3. The summed E-state index contributed by atoms with van der Waals surface area (Å²) in [4.78, 5) is 10.8. The summed E-state index contributed by atoms with van der Waals surface area (Å²) in [5, 5.41) is 4.55. The summed E-state index contributed by atoms with van der Waals surface area (Å²) in [7, 11) is 1.62. The molecule has 18 heavy (non-hydrogen) atoms. The maximum atomic E-state index is 12.1. The van der Waals surface area contributed by atoms with Gasteiger partial charge in [-0.25, -0.2) is 0 Å². The van der Waals surface area contributed by atoms with Gasteiger partial charge in [-0.3, -0.25) is 4.79 Å². The number of benzene rings is 1. The normalized spacial score (nSPS) is 12.1. The van der Waals surface area contributed by atoms with Gasteiger partial charge in [0, 0.05) is 24.5 Å². The van der Waals surface area contributed by atoms with E-state index in [2.05, 4.69) is 5.32 Å². The summed E-state index contributed by atoms with van der Waals surface area (Å²) < 4.78 is 36.2. The highest BCUT2D eigenvalue weighted by Crippen LogP contribution is 2.20. The Kier molecular flexibility index (Phi) is 4.19. The van der Waals surface area contributed by atoms with Crippen LogP contribution in [0.2, 0.25) is 0 Å². The van der Waals surface area contributed by atoms with Crippen LogP contribution in [0.3, 0.4) is 0 Å². The molecule has 0 fully saturated rings. The third-order valence-corrected chi connectivity index (χ3v) is 2.12. The Hall–Kier alpha value is -2.18. The van der Waals surface area contributed by atoms with Crippen molar-refractivity contribution < 1.29 is 18.0 Å². The fraction of sp³-hybridized carbons (Fsp3) is 0.182. The first kappa shape index (κ1) is 13.9. The molecule has 0 aliphatic rings. The van der Waals surface area contributed by atoms with Crippen molar-refractivity contribution in [2.45, 2.75) is 6.18 Å². The van der Waals surface area contributed by atoms with Crippen molar-refractivity contribution in [2.75, 3.05) is 12.4 Å². The molecule has 0 bridgehead atoms. The summed E-state index contributed by atoms with van der Waals surface area (Å²) in [6, 6.07) is 5.91. The van der Waals surface area contributed by atoms with Crippen LogP contribution in [0.5, 0.6) is 0 Å². The van der Waals surface area contributed by atoms with Crippen LogP contribution in [0, 0.1) is 0 Å². The minimum atomic E-state index is -4.91. The molecule has 0 heterocycles. The zero-order chi connectivity index (χ0) is 13.8. The van der Waals surface area contributed by atoms with Crippen molar-refractivity contribution in [3.63, 3.8) is 0 Å². The molecule has 7 heteroatoms. The second-order valence-corrected chi connectivity index (χ2v) is 3.36. The lowest BCUT2D eigenvalue weighted by Gasteiger charge is -2.10. The third-order valence-electron chi connectivity index (χ3n) is 2.12. The smallest absolute Gasteiger partial charge is 0.403 e. The largest absolute Gasteiger partial charge is 0.471 e. The highest BCUT2D eigenvalue weighted by molar-refractivity contribution is 5.95. The zero-order valence-corrected chi connectivity index (χ0v) is 9.51. The third kappa shape index (κ3) is 3.41. The van der Waals surface area contributed by atoms with E-state index < -0.39 is 12.1 Å². The molecule has 0 saturated carbocycles. The molecule has 1 aromatic carbocycles. The van der Waals surface area contributed by atoms with Crippen LogP contribution in [0.25, 0.3) is 5.70 Å². The molecular weight excluding hydrogens is 247 g/mol. The monoisotopic (exact) mass is 259 g/mol. The van der Waals surface area contributed by atoms with Crippen molar-refractivity contribution in [3.05, 3.63) is 36.0 Å². The van der Waals surface area contributed by atoms with Crippen LogP contribution in [0.1, 0.15) is 5.56 Å². The van der Waals surface area contributed by atoms with Gasteiger partial charge in [-0.1, -0.05) is 12.1 Å². The Bertz CT molecular complexity index is 469. The number of carbonyl (C=O) groups excluding carboxylic acids is 1. The summed E-state index contributed by atoms with van der Waals surface area (Å²) in [6.45, 7) is 0. The van der Waals surface area contributed by atoms with E-state index in [4.69, 9.17) is 5.73 Å². The molecule has 0 atom stereocenters. The Morgan fingerprint density at radius 3 is 2.56 bits per heavy atom. The zero-order valence-electron chi connectivity index (χ0n) is 9.51. The molecule has 0 spiro atoms. The number of nitrogens with two attached hydrogens (primary N) is 1. The van der Waals surface area contributed by atoms with Gasteiger partial charge in [-0.05, 0) is 12.1 Å². The molecular formula is C11H12F3N3O. The molecule has 4 nitrogen and oxygen atoms in total. The first-order chi connectivity index (χ1) is 8.38. The van der Waals surface area contributed by atoms with Gasteiger partial charge in [0.15, 0.2) is 0 Å². The molecule has 0 unspecified atom stereocenters. The number of alkyl halides is 3. The van der Waals surface area contributed by atoms with Gasteiger partial charge < -0.3 is 16.4 Å². The Labute approximate surface area is 102 Å². The van der Waals surface area contributed by atoms with E-state index in [1.165, 1.54) is 24.4 Å². The molecule has 0 aliphatic carbocycles. The van der Waals surface area contributed by atoms with E-state index in [1.54, 1.807) is 18.4 Å². The Morgan fingerprint density at radius 2 is 2.06 bits per heavy atom. The van der Waals surface area contributed by atoms with Gasteiger partial charge in [-0.2, -0.15) is 13.2 Å². The average Bonchev–Trinajstić information content (AvgIpc) is 2.30. The van der Waals surface area contributed by atoms with Crippen molar-refractivity contribution in [3.8, 4) is 0 Å². The molecule has 0 aliphatic heterocycles. The van der Waals surface area contributed by atoms with Gasteiger partial charge in [-0.15, -0.1) is 0 Å². The maximum Gasteiger partial charge on any atom is 0.471 e. The van der Waals surface area contributed by atoms with Crippen LogP contribution >= 0.6 is 0 Å². The molecule has 1 amide bonds. The van der Waals surface area contributed by atoms with E-state index >= 15 is 0 Å². The predicted molar refractivity (Wildman–Crippen MR) is 62.4 cm³/mol. The Morgan fingerprint density at radius 1 is 1.39 bits per heavy atom. The SMILES string of the molecule is CN/C(=C\N)c1cccc(NC(=O)C(F)(F)F)c1. The highest BCUT2D eigenvalue weighted by atomic mass is 19.4. The molecule has 4 N–H and O–H groups in total. The molecule has 98 valence electrons. The fourth-order valence-electron chi connectivity index (χ4n) is 1.29. The number of carbonyl (C=O) groups is 1. The number of rotatable bonds is 3. The topological polar surface area (TPSA) is 67.2 Å². The second kappa shape index (κ2) is 5.44. The second-order valence-electron chi connectivity index (χ2n) is 3.36. The van der Waals surface area contributed by atoms with Crippen LogP contribution in [0.15, 0.2) is 30.5 Å². The summed E-state index contributed by atoms with van der Waals surface area (Å²) in [5.41, 5.74) is 6.50. The van der Waals surface area contributed by atoms with Crippen LogP contribution in [-0.2, 0) is 4.79 Å². The van der Waals surface area contributed by atoms with Gasteiger partial charge in [0.2, 0.25) is 0 Å². The number of halogens is 3. The standard InChI is InChI=1S/C11H12F3N3O/c1-16-9(6-15)7-3-2-4-8(5-7)17-10(18)11(12,13)14/h2-6,16H,15H2,1H3,(H,17,18)/b9-6-. The van der Waals surface area contributed by atoms with Crippen molar-refractivity contribution in [1.82, 2.24) is 5.32 Å². The number of amides is 1. The van der Waals surface area contributed by atoms with E-state index in [9.17, 15) is 18.0 Å². The number of nitrogens with one attached hydrogen (secondary N) is 2. The van der Waals surface area contributed by atoms with Gasteiger partial charge in [0.25, 0.3) is 0 Å². The number of anilines is 1. The minimum absolute atomic E-state index is 0.0458. The van der Waals surface area contributed by atoms with Gasteiger partial charge in [0.05, 0.1) is 5.70 Å². The van der Waals surface area contributed by atoms with E-state index in [-0.39, 0.29) is 5.69 Å². The van der Waals surface area contributed by atoms with Crippen LogP contribution < -0.4 is 16.4 Å². The molecule has 0 aromatic heterocycles. The van der Waals surface area contributed by atoms with Gasteiger partial charge >= 0.3 is 12.1 Å². The minimum Gasteiger partial charge on any atom is -0.403 e. The lowest BCUT2D eigenvalue weighted by Crippen LogP contribution is -2.29. The maximum absolute atomic E-state index is 12.1. The summed E-state index contributed by atoms with van der Waals surface area (Å²) >= 11 is 0. The first-order valence-electron chi connectivity index (χ1n) is 4.96. The van der Waals surface area contributed by atoms with E-state index in [0.29, 0.717) is 11.3 Å². The average molecular weight is 259 g/mol. The van der Waals surface area contributed by atoms with Gasteiger partial charge in [0.1, 0.15) is 0 Å². The van der Waals surface area contributed by atoms with Crippen molar-refractivity contribution >= 4 is 17.3 Å². The lowest BCUT2D eigenvalue weighted by atomic mass is 10.1. The fourth-order valence-corrected chi connectivity index (χ4v) is 1.29. The van der Waals surface area contributed by atoms with Crippen molar-refractivity contribution in [2.24, 2.45) is 5.73 Å². The van der Waals surface area contributed by atoms with Crippen molar-refractivity contribution in [1.29, 1.82) is 0 Å². The lowest BCUT2D eigenvalue weighted by molar-refractivity contribution is -0.167. The summed E-state index contributed by atoms with van der Waals surface area (Å²) in [6.07, 6.45) is -3.63. The van der Waals surface area contributed by atoms with E-state index in [0.717, 1.165) is 0 Å². The Balaban J connectivity index is 2.93. The molecule has 1 aromatic rings. The van der Waals surface area contributed by atoms with Crippen LogP contribution in [0.4, 0.5) is 18.9 Å². The molecule has 0 radical (unpaired) electrons. The molecule has 1 rings (SSSR count).